The molecule has 31 heavy (non-hydrogen) atoms. The molecule has 8 heteroatoms. The van der Waals surface area contributed by atoms with E-state index >= 15 is 0 Å². The summed E-state index contributed by atoms with van der Waals surface area (Å²) in [6.07, 6.45) is 0. The van der Waals surface area contributed by atoms with Crippen molar-refractivity contribution in [2.75, 3.05) is 18.5 Å². The van der Waals surface area contributed by atoms with Crippen molar-refractivity contribution in [1.82, 2.24) is 9.78 Å². The molecule has 3 rings (SSSR count). The summed E-state index contributed by atoms with van der Waals surface area (Å²) in [5.74, 6) is -1.53. The Hall–Kier alpha value is -3.94. The molecular weight excluding hydrogens is 398 g/mol. The lowest BCUT2D eigenvalue weighted by Gasteiger charge is -2.08. The molecule has 2 aromatic carbocycles. The third-order valence-electron chi connectivity index (χ3n) is 4.37. The fraction of sp³-hybridized carbons (Fsp3) is 0.217. The Labute approximate surface area is 179 Å². The zero-order chi connectivity index (χ0) is 22.4. The van der Waals surface area contributed by atoms with Crippen molar-refractivity contribution in [3.63, 3.8) is 0 Å². The van der Waals surface area contributed by atoms with Crippen LogP contribution in [0.2, 0.25) is 0 Å². The summed E-state index contributed by atoms with van der Waals surface area (Å²) < 4.78 is 11.8. The first-order valence-electron chi connectivity index (χ1n) is 9.75. The van der Waals surface area contributed by atoms with E-state index in [0.717, 1.165) is 17.1 Å². The van der Waals surface area contributed by atoms with E-state index in [9.17, 15) is 14.4 Å². The molecule has 0 aliphatic rings. The molecule has 0 atom stereocenters. The summed E-state index contributed by atoms with van der Waals surface area (Å²) in [6, 6.07) is 15.0. The summed E-state index contributed by atoms with van der Waals surface area (Å²) in [4.78, 5) is 35.9. The largest absolute Gasteiger partial charge is 0.462 e. The van der Waals surface area contributed by atoms with Crippen LogP contribution in [0.1, 0.15) is 39.0 Å². The topological polar surface area (TPSA) is 99.5 Å². The van der Waals surface area contributed by atoms with Crippen molar-refractivity contribution >= 4 is 23.5 Å². The first-order chi connectivity index (χ1) is 14.9. The molecule has 0 saturated carbocycles. The van der Waals surface area contributed by atoms with Crippen LogP contribution in [0.5, 0.6) is 0 Å². The Bertz CT molecular complexity index is 1090. The first kappa shape index (κ1) is 21.8. The summed E-state index contributed by atoms with van der Waals surface area (Å²) in [5.41, 5.74) is 3.91. The van der Waals surface area contributed by atoms with Gasteiger partial charge in [-0.25, -0.2) is 14.3 Å². The minimum atomic E-state index is -0.604. The number of carbonyl (C=O) groups is 3. The van der Waals surface area contributed by atoms with Gasteiger partial charge in [-0.3, -0.25) is 4.79 Å². The molecule has 8 nitrogen and oxygen atoms in total. The second-order valence-corrected chi connectivity index (χ2v) is 6.81. The van der Waals surface area contributed by atoms with Gasteiger partial charge in [0.15, 0.2) is 6.61 Å². The molecule has 3 aromatic rings. The van der Waals surface area contributed by atoms with Crippen LogP contribution in [0.4, 0.5) is 5.69 Å². The van der Waals surface area contributed by atoms with Crippen LogP contribution >= 0.6 is 0 Å². The highest BCUT2D eigenvalue weighted by molar-refractivity contribution is 5.96. The smallest absolute Gasteiger partial charge is 0.338 e. The van der Waals surface area contributed by atoms with E-state index in [1.165, 1.54) is 0 Å². The summed E-state index contributed by atoms with van der Waals surface area (Å²) in [5, 5.41) is 7.01. The molecule has 0 bridgehead atoms. The number of aryl methyl sites for hydroxylation is 2. The number of nitrogens with one attached hydrogen (secondary N) is 1. The lowest BCUT2D eigenvalue weighted by molar-refractivity contribution is -0.119. The molecule has 0 radical (unpaired) electrons. The number of hydrogen-bond donors (Lipinski definition) is 1. The van der Waals surface area contributed by atoms with Crippen LogP contribution in [0.25, 0.3) is 5.69 Å². The zero-order valence-electron chi connectivity index (χ0n) is 17.5. The van der Waals surface area contributed by atoms with Gasteiger partial charge in [0.25, 0.3) is 5.91 Å². The Morgan fingerprint density at radius 1 is 0.903 bits per heavy atom. The lowest BCUT2D eigenvalue weighted by atomic mass is 10.2. The van der Waals surface area contributed by atoms with Gasteiger partial charge in [0.05, 0.1) is 29.1 Å². The first-order valence-corrected chi connectivity index (χ1v) is 9.75. The molecule has 0 spiro atoms. The van der Waals surface area contributed by atoms with Crippen LogP contribution in [-0.2, 0) is 14.3 Å². The molecule has 0 saturated heterocycles. The Balaban J connectivity index is 1.52. The second-order valence-electron chi connectivity index (χ2n) is 6.81. The summed E-state index contributed by atoms with van der Waals surface area (Å²) >= 11 is 0. The Morgan fingerprint density at radius 2 is 1.48 bits per heavy atom. The molecule has 0 aliphatic heterocycles. The van der Waals surface area contributed by atoms with E-state index in [4.69, 9.17) is 9.47 Å². The monoisotopic (exact) mass is 421 g/mol. The van der Waals surface area contributed by atoms with Gasteiger partial charge in [0.2, 0.25) is 0 Å². The maximum atomic E-state index is 12.2. The molecule has 1 heterocycles. The number of esters is 2. The molecular formula is C23H23N3O5. The van der Waals surface area contributed by atoms with Crippen molar-refractivity contribution in [2.24, 2.45) is 0 Å². The Kier molecular flexibility index (Phi) is 6.81. The van der Waals surface area contributed by atoms with E-state index < -0.39 is 24.5 Å². The number of carbonyl (C=O) groups excluding carboxylic acids is 3. The van der Waals surface area contributed by atoms with Crippen molar-refractivity contribution in [3.8, 4) is 5.69 Å². The summed E-state index contributed by atoms with van der Waals surface area (Å²) in [6.45, 7) is 5.44. The second kappa shape index (κ2) is 9.71. The number of amides is 1. The van der Waals surface area contributed by atoms with Gasteiger partial charge in [0.1, 0.15) is 0 Å². The van der Waals surface area contributed by atoms with Crippen LogP contribution in [0.15, 0.2) is 54.6 Å². The molecule has 1 N–H and O–H groups in total. The van der Waals surface area contributed by atoms with Gasteiger partial charge in [-0.2, -0.15) is 5.10 Å². The molecule has 1 aromatic heterocycles. The summed E-state index contributed by atoms with van der Waals surface area (Å²) in [7, 11) is 0. The molecule has 0 unspecified atom stereocenters. The highest BCUT2D eigenvalue weighted by atomic mass is 16.5. The number of nitrogens with zero attached hydrogens (tertiary/aromatic N) is 2. The van der Waals surface area contributed by atoms with Gasteiger partial charge in [-0.15, -0.1) is 0 Å². The highest BCUT2D eigenvalue weighted by Crippen LogP contribution is 2.14. The van der Waals surface area contributed by atoms with Gasteiger partial charge in [-0.05, 0) is 75.4 Å². The standard InChI is InChI=1S/C23H23N3O5/c1-4-30-22(28)17-5-9-19(10-6-17)24-21(27)14-31-23(29)18-7-11-20(12-8-18)26-16(3)13-15(2)25-26/h5-13H,4,14H2,1-3H3,(H,24,27). The average Bonchev–Trinajstić information content (AvgIpc) is 3.10. The van der Waals surface area contributed by atoms with E-state index in [1.54, 1.807) is 60.1 Å². The third kappa shape index (κ3) is 5.57. The predicted octanol–water partition coefficient (Wildman–Crippen LogP) is 3.46. The van der Waals surface area contributed by atoms with E-state index in [1.807, 2.05) is 19.9 Å². The van der Waals surface area contributed by atoms with Crippen molar-refractivity contribution in [3.05, 3.63) is 77.1 Å². The van der Waals surface area contributed by atoms with Crippen LogP contribution < -0.4 is 5.32 Å². The average molecular weight is 421 g/mol. The minimum Gasteiger partial charge on any atom is -0.462 e. The molecule has 1 amide bonds. The zero-order valence-corrected chi connectivity index (χ0v) is 17.5. The number of ether oxygens (including phenoxy) is 2. The van der Waals surface area contributed by atoms with Crippen LogP contribution in [0, 0.1) is 13.8 Å². The van der Waals surface area contributed by atoms with Crippen LogP contribution in [0.3, 0.4) is 0 Å². The normalized spacial score (nSPS) is 10.4. The fourth-order valence-corrected chi connectivity index (χ4v) is 2.94. The highest BCUT2D eigenvalue weighted by Gasteiger charge is 2.12. The number of hydrogen-bond acceptors (Lipinski definition) is 6. The molecule has 160 valence electrons. The maximum absolute atomic E-state index is 12.2. The minimum absolute atomic E-state index is 0.286. The van der Waals surface area contributed by atoms with Crippen molar-refractivity contribution in [1.29, 1.82) is 0 Å². The number of aromatic nitrogens is 2. The lowest BCUT2D eigenvalue weighted by Crippen LogP contribution is -2.21. The number of anilines is 1. The van der Waals surface area contributed by atoms with Gasteiger partial charge < -0.3 is 14.8 Å². The van der Waals surface area contributed by atoms with E-state index in [0.29, 0.717) is 16.8 Å². The van der Waals surface area contributed by atoms with Crippen LogP contribution in [-0.4, -0.2) is 40.8 Å². The molecule has 0 fully saturated rings. The fourth-order valence-electron chi connectivity index (χ4n) is 2.94. The van der Waals surface area contributed by atoms with E-state index in [-0.39, 0.29) is 6.61 Å². The number of benzene rings is 2. The van der Waals surface area contributed by atoms with Gasteiger partial charge in [-0.1, -0.05) is 0 Å². The van der Waals surface area contributed by atoms with Gasteiger partial charge in [0, 0.05) is 11.4 Å². The molecule has 0 aliphatic carbocycles. The van der Waals surface area contributed by atoms with Crippen molar-refractivity contribution < 1.29 is 23.9 Å². The van der Waals surface area contributed by atoms with Crippen molar-refractivity contribution in [2.45, 2.75) is 20.8 Å². The van der Waals surface area contributed by atoms with E-state index in [2.05, 4.69) is 10.4 Å². The van der Waals surface area contributed by atoms with Gasteiger partial charge >= 0.3 is 11.9 Å². The quantitative estimate of drug-likeness (QED) is 0.587. The third-order valence-corrected chi connectivity index (χ3v) is 4.37. The number of rotatable bonds is 7. The maximum Gasteiger partial charge on any atom is 0.338 e. The SMILES string of the molecule is CCOC(=O)c1ccc(NC(=O)COC(=O)c2ccc(-n3nc(C)cc3C)cc2)cc1. The predicted molar refractivity (Wildman–Crippen MR) is 114 cm³/mol. The Morgan fingerprint density at radius 3 is 2.03 bits per heavy atom.